The molecule has 4 N–H and O–H groups in total. The Kier molecular flexibility index (Phi) is 13.5. The van der Waals surface area contributed by atoms with E-state index >= 15 is 0 Å². The quantitative estimate of drug-likeness (QED) is 0.109. The van der Waals surface area contributed by atoms with Crippen LogP contribution >= 0.6 is 0 Å². The molecule has 12 heteroatoms. The van der Waals surface area contributed by atoms with E-state index in [4.69, 9.17) is 4.74 Å². The monoisotopic (exact) mass is 687 g/mol. The molecule has 5 atom stereocenters. The summed E-state index contributed by atoms with van der Waals surface area (Å²) in [5, 5.41) is 10.9. The van der Waals surface area contributed by atoms with E-state index in [0.717, 1.165) is 25.7 Å². The predicted octanol–water partition coefficient (Wildman–Crippen LogP) is 3.88. The predicted molar refractivity (Wildman–Crippen MR) is 187 cm³/mol. The first-order valence-electron chi connectivity index (χ1n) is 18.1. The number of amides is 5. The maximum Gasteiger partial charge on any atom is 0.329 e. The van der Waals surface area contributed by atoms with Crippen LogP contribution in [-0.4, -0.2) is 83.8 Å². The van der Waals surface area contributed by atoms with E-state index in [-0.39, 0.29) is 37.5 Å². The second-order valence-electron chi connectivity index (χ2n) is 16.8. The van der Waals surface area contributed by atoms with Gasteiger partial charge < -0.3 is 30.9 Å². The second kappa shape index (κ2) is 16.5. The van der Waals surface area contributed by atoms with Gasteiger partial charge >= 0.3 is 12.0 Å². The van der Waals surface area contributed by atoms with Crippen LogP contribution in [0.15, 0.2) is 12.7 Å². The average Bonchev–Trinajstić information content (AvgIpc) is 3.95. The lowest BCUT2D eigenvalue weighted by Crippen LogP contribution is -2.62. The van der Waals surface area contributed by atoms with E-state index in [1.165, 1.54) is 11.0 Å². The number of carbonyl (C=O) groups excluding carboxylic acids is 6. The molecule has 49 heavy (non-hydrogen) atoms. The van der Waals surface area contributed by atoms with Crippen molar-refractivity contribution in [1.29, 1.82) is 0 Å². The van der Waals surface area contributed by atoms with Gasteiger partial charge in [0.1, 0.15) is 24.2 Å². The highest BCUT2D eigenvalue weighted by Gasteiger charge is 2.48. The number of likely N-dealkylation sites (tertiary alicyclic amines) is 1. The molecule has 1 heterocycles. The minimum absolute atomic E-state index is 0.00344. The molecule has 12 nitrogen and oxygen atoms in total. The number of carbonyl (C=O) groups is 6. The lowest BCUT2D eigenvalue weighted by Gasteiger charge is -2.37. The zero-order valence-electron chi connectivity index (χ0n) is 31.1. The fourth-order valence-corrected chi connectivity index (χ4v) is 6.46. The van der Waals surface area contributed by atoms with Crippen LogP contribution in [0.3, 0.4) is 0 Å². The van der Waals surface area contributed by atoms with Crippen molar-refractivity contribution in [3.8, 4) is 0 Å². The molecule has 0 aromatic heterocycles. The third kappa shape index (κ3) is 11.0. The molecule has 1 unspecified atom stereocenters. The number of ketones is 1. The van der Waals surface area contributed by atoms with Gasteiger partial charge in [0.05, 0.1) is 6.04 Å². The van der Waals surface area contributed by atoms with Crippen molar-refractivity contribution >= 4 is 35.5 Å². The number of hydrogen-bond acceptors (Lipinski definition) is 7. The van der Waals surface area contributed by atoms with Gasteiger partial charge in [-0.05, 0) is 73.0 Å². The van der Waals surface area contributed by atoms with E-state index in [1.807, 2.05) is 62.3 Å². The number of ether oxygens (including phenoxy) is 1. The Labute approximate surface area is 292 Å². The number of hydrogen-bond donors (Lipinski definition) is 4. The molecule has 3 aliphatic rings. The largest absolute Gasteiger partial charge is 0.460 e. The highest BCUT2D eigenvalue weighted by Crippen LogP contribution is 2.46. The first-order valence-corrected chi connectivity index (χ1v) is 18.1. The van der Waals surface area contributed by atoms with Crippen LogP contribution in [0.25, 0.3) is 0 Å². The van der Waals surface area contributed by atoms with Crippen LogP contribution in [0.1, 0.15) is 107 Å². The third-order valence-corrected chi connectivity index (χ3v) is 9.89. The minimum Gasteiger partial charge on any atom is -0.460 e. The van der Waals surface area contributed by atoms with Crippen molar-refractivity contribution in [2.45, 2.75) is 138 Å². The van der Waals surface area contributed by atoms with Gasteiger partial charge in [0.15, 0.2) is 0 Å². The number of esters is 1. The maximum absolute atomic E-state index is 14.4. The van der Waals surface area contributed by atoms with E-state index in [9.17, 15) is 28.8 Å². The molecule has 276 valence electrons. The van der Waals surface area contributed by atoms with Gasteiger partial charge in [-0.1, -0.05) is 74.8 Å². The molecule has 0 aromatic rings. The Morgan fingerprint density at radius 3 is 1.88 bits per heavy atom. The molecule has 0 spiro atoms. The van der Waals surface area contributed by atoms with Gasteiger partial charge in [0, 0.05) is 13.1 Å². The molecule has 0 radical (unpaired) electrons. The summed E-state index contributed by atoms with van der Waals surface area (Å²) in [6.07, 6.45) is 6.70. The smallest absolute Gasteiger partial charge is 0.329 e. The van der Waals surface area contributed by atoms with Crippen LogP contribution in [-0.2, 0) is 28.7 Å². The summed E-state index contributed by atoms with van der Waals surface area (Å²) in [6, 6.07) is -4.63. The molecule has 1 aliphatic heterocycles. The SMILES string of the molecule is C=CCNC(=O)C(=O)C(CCC)NC(=O)[C@@H]1C[C@@H](C(C)C)CN1C(=O)[C@@H](NC(=O)N[C@H](C(=O)OC(C1CC1)C1CC1)C(C)(C)C)C(C)(C)C. The van der Waals surface area contributed by atoms with Gasteiger partial charge in [-0.3, -0.25) is 19.2 Å². The van der Waals surface area contributed by atoms with E-state index in [1.54, 1.807) is 0 Å². The summed E-state index contributed by atoms with van der Waals surface area (Å²) in [5.41, 5.74) is -1.43. The Bertz CT molecular complexity index is 1230. The van der Waals surface area contributed by atoms with Gasteiger partial charge in [-0.2, -0.15) is 0 Å². The normalized spacial score (nSPS) is 21.4. The van der Waals surface area contributed by atoms with Crippen LogP contribution in [0, 0.1) is 34.5 Å². The molecular formula is C37H61N5O7. The topological polar surface area (TPSA) is 163 Å². The molecule has 2 aliphatic carbocycles. The van der Waals surface area contributed by atoms with Crippen LogP contribution in [0.4, 0.5) is 4.79 Å². The van der Waals surface area contributed by atoms with Gasteiger partial charge in [-0.15, -0.1) is 6.58 Å². The Morgan fingerprint density at radius 2 is 1.41 bits per heavy atom. The molecule has 2 saturated carbocycles. The zero-order chi connectivity index (χ0) is 36.8. The van der Waals surface area contributed by atoms with Crippen molar-refractivity contribution in [1.82, 2.24) is 26.2 Å². The highest BCUT2D eigenvalue weighted by atomic mass is 16.5. The molecule has 3 rings (SSSR count). The first kappa shape index (κ1) is 40.0. The number of nitrogens with zero attached hydrogens (tertiary/aromatic N) is 1. The number of nitrogens with one attached hydrogen (secondary N) is 4. The summed E-state index contributed by atoms with van der Waals surface area (Å²) in [7, 11) is 0. The Balaban J connectivity index is 1.79. The lowest BCUT2D eigenvalue weighted by atomic mass is 9.85. The molecule has 0 bridgehead atoms. The van der Waals surface area contributed by atoms with Crippen LogP contribution < -0.4 is 21.3 Å². The summed E-state index contributed by atoms with van der Waals surface area (Å²) in [4.78, 5) is 82.2. The minimum atomic E-state index is -1.05. The van der Waals surface area contributed by atoms with Crippen molar-refractivity contribution in [2.75, 3.05) is 13.1 Å². The first-order chi connectivity index (χ1) is 22.8. The number of urea groups is 1. The lowest BCUT2D eigenvalue weighted by molar-refractivity contribution is -0.156. The summed E-state index contributed by atoms with van der Waals surface area (Å²) in [5.74, 6) is -2.08. The molecule has 3 fully saturated rings. The fraction of sp³-hybridized carbons (Fsp3) is 0.784. The van der Waals surface area contributed by atoms with Gasteiger partial charge in [-0.25, -0.2) is 9.59 Å². The number of Topliss-reactive ketones (excluding diaryl/α,β-unsaturated/α-hetero) is 1. The molecular weight excluding hydrogens is 626 g/mol. The van der Waals surface area contributed by atoms with Crippen molar-refractivity contribution < 1.29 is 33.5 Å². The zero-order valence-corrected chi connectivity index (χ0v) is 31.1. The standard InChI is InChI=1S/C37H61N5O7/c1-11-13-25(27(43)32(45)38-18-12-2)39-31(44)26-19-24(21(3)4)20-42(26)33(46)29(36(5,6)7)40-35(48)41-30(37(8,9)10)34(47)49-28(22-14-15-22)23-16-17-23/h12,21-26,28-30H,2,11,13-20H2,1,3-10H3,(H,38,45)(H,39,44)(H2,40,41,48)/t24-,25?,26+,29-,30-/m1/s1. The van der Waals surface area contributed by atoms with Gasteiger partial charge in [0.25, 0.3) is 5.91 Å². The highest BCUT2D eigenvalue weighted by molar-refractivity contribution is 6.38. The molecule has 0 aromatic carbocycles. The Morgan fingerprint density at radius 1 is 0.857 bits per heavy atom. The average molecular weight is 688 g/mol. The van der Waals surface area contributed by atoms with E-state index in [0.29, 0.717) is 24.7 Å². The van der Waals surface area contributed by atoms with E-state index < -0.39 is 70.5 Å². The maximum atomic E-state index is 14.4. The molecule has 5 amide bonds. The second-order valence-corrected chi connectivity index (χ2v) is 16.8. The summed E-state index contributed by atoms with van der Waals surface area (Å²) >= 11 is 0. The number of rotatable bonds is 16. The van der Waals surface area contributed by atoms with E-state index in [2.05, 4.69) is 27.8 Å². The van der Waals surface area contributed by atoms with Crippen LogP contribution in [0.5, 0.6) is 0 Å². The van der Waals surface area contributed by atoms with Crippen molar-refractivity contribution in [2.24, 2.45) is 34.5 Å². The van der Waals surface area contributed by atoms with Crippen LogP contribution in [0.2, 0.25) is 0 Å². The summed E-state index contributed by atoms with van der Waals surface area (Å²) in [6.45, 7) is 20.9. The van der Waals surface area contributed by atoms with Crippen molar-refractivity contribution in [3.63, 3.8) is 0 Å². The summed E-state index contributed by atoms with van der Waals surface area (Å²) < 4.78 is 6.01. The van der Waals surface area contributed by atoms with Crippen molar-refractivity contribution in [3.05, 3.63) is 12.7 Å². The Hall–Kier alpha value is -3.44. The fourth-order valence-electron chi connectivity index (χ4n) is 6.46. The third-order valence-electron chi connectivity index (χ3n) is 9.89. The molecule has 1 saturated heterocycles. The van der Waals surface area contributed by atoms with Gasteiger partial charge in [0.2, 0.25) is 17.6 Å².